The molecule has 0 radical (unpaired) electrons. The molecule has 1 aliphatic heterocycles. The largest absolute Gasteiger partial charge is 0.378 e. The molecule has 0 N–H and O–H groups in total. The molecular formula is C22H28N2O2. The van der Waals surface area contributed by atoms with Crippen molar-refractivity contribution in [3.8, 4) is 11.1 Å². The lowest BCUT2D eigenvalue weighted by molar-refractivity contribution is -0.000186. The monoisotopic (exact) mass is 352 g/mol. The summed E-state index contributed by atoms with van der Waals surface area (Å²) in [4.78, 5) is 16.7. The van der Waals surface area contributed by atoms with Crippen LogP contribution < -0.4 is 4.90 Å². The summed E-state index contributed by atoms with van der Waals surface area (Å²) < 4.78 is 5.76. The number of amides is 1. The molecule has 4 heteroatoms. The van der Waals surface area contributed by atoms with Gasteiger partial charge in [-0.2, -0.15) is 0 Å². The number of hydrogen-bond acceptors (Lipinski definition) is 3. The van der Waals surface area contributed by atoms with Crippen molar-refractivity contribution in [2.24, 2.45) is 0 Å². The molecule has 1 atom stereocenters. The molecule has 1 amide bonds. The van der Waals surface area contributed by atoms with Gasteiger partial charge >= 0.3 is 0 Å². The lowest BCUT2D eigenvalue weighted by atomic mass is 10.0. The highest BCUT2D eigenvalue weighted by molar-refractivity contribution is 5.95. The molecule has 2 aromatic rings. The quantitative estimate of drug-likeness (QED) is 0.813. The molecule has 0 spiro atoms. The predicted octanol–water partition coefficient (Wildman–Crippen LogP) is 4.06. The average molecular weight is 352 g/mol. The first-order valence-electron chi connectivity index (χ1n) is 9.29. The number of rotatable bonds is 5. The van der Waals surface area contributed by atoms with Crippen LogP contribution in [0.3, 0.4) is 0 Å². The molecular weight excluding hydrogens is 324 g/mol. The zero-order valence-corrected chi connectivity index (χ0v) is 15.9. The minimum absolute atomic E-state index is 0.0461. The molecule has 2 aromatic carbocycles. The van der Waals surface area contributed by atoms with Crippen molar-refractivity contribution < 1.29 is 9.53 Å². The fourth-order valence-electron chi connectivity index (χ4n) is 3.36. The maximum atomic E-state index is 12.8. The highest BCUT2D eigenvalue weighted by atomic mass is 16.5. The van der Waals surface area contributed by atoms with Gasteiger partial charge in [-0.05, 0) is 54.7 Å². The molecule has 1 fully saturated rings. The average Bonchev–Trinajstić information content (AvgIpc) is 2.68. The number of likely N-dealkylation sites (N-methyl/N-ethyl adjacent to an activating group) is 1. The van der Waals surface area contributed by atoms with Crippen molar-refractivity contribution in [2.45, 2.75) is 25.4 Å². The van der Waals surface area contributed by atoms with E-state index < -0.39 is 0 Å². The van der Waals surface area contributed by atoms with Gasteiger partial charge in [0.05, 0.1) is 6.10 Å². The Labute approximate surface area is 156 Å². The Morgan fingerprint density at radius 1 is 1.04 bits per heavy atom. The Morgan fingerprint density at radius 2 is 1.77 bits per heavy atom. The number of anilines is 1. The second-order valence-corrected chi connectivity index (χ2v) is 7.20. The summed E-state index contributed by atoms with van der Waals surface area (Å²) in [6.45, 7) is 1.46. The third-order valence-electron chi connectivity index (χ3n) is 4.90. The van der Waals surface area contributed by atoms with Crippen molar-refractivity contribution in [3.63, 3.8) is 0 Å². The standard InChI is InChI=1S/C22H28N2O2/c1-23(2)20-11-7-9-18(15-20)17-8-6-10-19(14-17)22(25)24(3)16-21-12-4-5-13-26-21/h6-11,14-15,21H,4-5,12-13,16H2,1-3H3. The molecule has 0 aromatic heterocycles. The van der Waals surface area contributed by atoms with Crippen molar-refractivity contribution in [3.05, 3.63) is 54.1 Å². The Kier molecular flexibility index (Phi) is 5.94. The third kappa shape index (κ3) is 4.44. The van der Waals surface area contributed by atoms with Crippen molar-refractivity contribution in [1.29, 1.82) is 0 Å². The van der Waals surface area contributed by atoms with Crippen LogP contribution in [-0.4, -0.2) is 51.2 Å². The lowest BCUT2D eigenvalue weighted by Crippen LogP contribution is -2.37. The zero-order valence-electron chi connectivity index (χ0n) is 15.9. The summed E-state index contributed by atoms with van der Waals surface area (Å²) in [6, 6.07) is 16.2. The normalized spacial score (nSPS) is 17.0. The van der Waals surface area contributed by atoms with Crippen LogP contribution in [0.1, 0.15) is 29.6 Å². The van der Waals surface area contributed by atoms with Gasteiger partial charge in [0.15, 0.2) is 0 Å². The van der Waals surface area contributed by atoms with E-state index in [0.717, 1.165) is 41.8 Å². The van der Waals surface area contributed by atoms with Crippen LogP contribution in [0.5, 0.6) is 0 Å². The van der Waals surface area contributed by atoms with E-state index in [1.807, 2.05) is 45.4 Å². The van der Waals surface area contributed by atoms with Gasteiger partial charge in [0, 0.05) is 45.5 Å². The Hall–Kier alpha value is -2.33. The molecule has 1 saturated heterocycles. The number of benzene rings is 2. The Balaban J connectivity index is 1.75. The maximum absolute atomic E-state index is 12.8. The van der Waals surface area contributed by atoms with Crippen LogP contribution in [0.25, 0.3) is 11.1 Å². The fraction of sp³-hybridized carbons (Fsp3) is 0.409. The zero-order chi connectivity index (χ0) is 18.5. The number of carbonyl (C=O) groups is 1. The fourth-order valence-corrected chi connectivity index (χ4v) is 3.36. The van der Waals surface area contributed by atoms with Crippen LogP contribution in [0.15, 0.2) is 48.5 Å². The molecule has 26 heavy (non-hydrogen) atoms. The second-order valence-electron chi connectivity index (χ2n) is 7.20. The number of carbonyl (C=O) groups excluding carboxylic acids is 1. The second kappa shape index (κ2) is 8.37. The number of ether oxygens (including phenoxy) is 1. The highest BCUT2D eigenvalue weighted by Crippen LogP contribution is 2.25. The molecule has 4 nitrogen and oxygen atoms in total. The molecule has 1 heterocycles. The summed E-state index contributed by atoms with van der Waals surface area (Å²) >= 11 is 0. The summed E-state index contributed by atoms with van der Waals surface area (Å²) in [6.07, 6.45) is 3.51. The van der Waals surface area contributed by atoms with E-state index in [9.17, 15) is 4.79 Å². The smallest absolute Gasteiger partial charge is 0.253 e. The SMILES string of the molecule is CN(CC1CCCCO1)C(=O)c1cccc(-c2cccc(N(C)C)c2)c1. The van der Waals surface area contributed by atoms with Gasteiger partial charge in [-0.3, -0.25) is 4.79 Å². The van der Waals surface area contributed by atoms with Crippen LogP contribution in [0, 0.1) is 0 Å². The van der Waals surface area contributed by atoms with E-state index in [1.54, 1.807) is 4.90 Å². The first kappa shape index (κ1) is 18.5. The van der Waals surface area contributed by atoms with Crippen LogP contribution >= 0.6 is 0 Å². The van der Waals surface area contributed by atoms with Crippen LogP contribution in [0.4, 0.5) is 5.69 Å². The molecule has 3 rings (SSSR count). The van der Waals surface area contributed by atoms with Gasteiger partial charge in [0.25, 0.3) is 5.91 Å². The number of nitrogens with zero attached hydrogens (tertiary/aromatic N) is 2. The van der Waals surface area contributed by atoms with E-state index in [1.165, 1.54) is 6.42 Å². The summed E-state index contributed by atoms with van der Waals surface area (Å²) in [5.41, 5.74) is 4.04. The summed E-state index contributed by atoms with van der Waals surface area (Å²) in [5.74, 6) is 0.0461. The van der Waals surface area contributed by atoms with E-state index in [-0.39, 0.29) is 12.0 Å². The molecule has 1 unspecified atom stereocenters. The summed E-state index contributed by atoms with van der Waals surface area (Å²) in [7, 11) is 5.92. The first-order chi connectivity index (χ1) is 12.5. The van der Waals surface area contributed by atoms with Crippen LogP contribution in [0.2, 0.25) is 0 Å². The van der Waals surface area contributed by atoms with E-state index >= 15 is 0 Å². The van der Waals surface area contributed by atoms with Gasteiger partial charge < -0.3 is 14.5 Å². The summed E-state index contributed by atoms with van der Waals surface area (Å²) in [5, 5.41) is 0. The van der Waals surface area contributed by atoms with Gasteiger partial charge in [-0.15, -0.1) is 0 Å². The first-order valence-corrected chi connectivity index (χ1v) is 9.29. The minimum Gasteiger partial charge on any atom is -0.378 e. The topological polar surface area (TPSA) is 32.8 Å². The van der Waals surface area contributed by atoms with E-state index in [0.29, 0.717) is 6.54 Å². The highest BCUT2D eigenvalue weighted by Gasteiger charge is 2.20. The van der Waals surface area contributed by atoms with Crippen LogP contribution in [-0.2, 0) is 4.74 Å². The molecule has 0 bridgehead atoms. The van der Waals surface area contributed by atoms with E-state index in [2.05, 4.69) is 29.2 Å². The number of hydrogen-bond donors (Lipinski definition) is 0. The van der Waals surface area contributed by atoms with E-state index in [4.69, 9.17) is 4.74 Å². The molecule has 1 aliphatic rings. The maximum Gasteiger partial charge on any atom is 0.253 e. The van der Waals surface area contributed by atoms with Gasteiger partial charge in [0.2, 0.25) is 0 Å². The third-order valence-corrected chi connectivity index (χ3v) is 4.90. The van der Waals surface area contributed by atoms with Crippen molar-refractivity contribution in [2.75, 3.05) is 39.2 Å². The molecule has 138 valence electrons. The lowest BCUT2D eigenvalue weighted by Gasteiger charge is -2.27. The Morgan fingerprint density at radius 3 is 2.46 bits per heavy atom. The van der Waals surface area contributed by atoms with Gasteiger partial charge in [-0.25, -0.2) is 0 Å². The van der Waals surface area contributed by atoms with Crippen molar-refractivity contribution >= 4 is 11.6 Å². The molecule has 0 aliphatic carbocycles. The minimum atomic E-state index is 0.0461. The molecule has 0 saturated carbocycles. The van der Waals surface area contributed by atoms with Gasteiger partial charge in [-0.1, -0.05) is 24.3 Å². The Bertz CT molecular complexity index is 751. The van der Waals surface area contributed by atoms with Crippen molar-refractivity contribution in [1.82, 2.24) is 4.90 Å². The predicted molar refractivity (Wildman–Crippen MR) is 107 cm³/mol. The van der Waals surface area contributed by atoms with Gasteiger partial charge in [0.1, 0.15) is 0 Å².